The summed E-state index contributed by atoms with van der Waals surface area (Å²) in [5, 5.41) is 3.33. The van der Waals surface area contributed by atoms with Gasteiger partial charge < -0.3 is 14.0 Å². The minimum atomic E-state index is -0.416. The fraction of sp³-hybridized carbons (Fsp3) is 0.250. The second-order valence-corrected chi connectivity index (χ2v) is 8.60. The van der Waals surface area contributed by atoms with Crippen LogP contribution in [0.3, 0.4) is 0 Å². The van der Waals surface area contributed by atoms with Crippen molar-refractivity contribution in [2.24, 2.45) is 0 Å². The molecule has 1 aliphatic rings. The first-order valence-corrected chi connectivity index (χ1v) is 11.2. The average molecular weight is 448 g/mol. The van der Waals surface area contributed by atoms with Gasteiger partial charge >= 0.3 is 11.9 Å². The smallest absolute Gasteiger partial charge is 0.340 e. The number of esters is 2. The monoisotopic (exact) mass is 447 g/mol. The lowest BCUT2D eigenvalue weighted by Crippen LogP contribution is -2.11. The Morgan fingerprint density at radius 3 is 2.78 bits per heavy atom. The number of carbonyl (C=O) groups is 2. The summed E-state index contributed by atoms with van der Waals surface area (Å²) in [6.07, 6.45) is 3.95. The number of aromatic nitrogens is 3. The second-order valence-electron chi connectivity index (χ2n) is 7.74. The van der Waals surface area contributed by atoms with Gasteiger partial charge in [-0.2, -0.15) is 0 Å². The first-order valence-electron chi connectivity index (χ1n) is 10.3. The van der Waals surface area contributed by atoms with Crippen molar-refractivity contribution in [3.8, 4) is 16.5 Å². The number of carbonyl (C=O) groups excluding carboxylic acids is 2. The molecule has 8 heteroatoms. The quantitative estimate of drug-likeness (QED) is 0.314. The highest BCUT2D eigenvalue weighted by atomic mass is 32.1. The zero-order chi connectivity index (χ0) is 22.2. The highest BCUT2D eigenvalue weighted by molar-refractivity contribution is 7.13. The molecule has 1 saturated carbocycles. The Labute approximate surface area is 188 Å². The van der Waals surface area contributed by atoms with Crippen molar-refractivity contribution in [1.29, 1.82) is 0 Å². The molecule has 0 saturated heterocycles. The van der Waals surface area contributed by atoms with Crippen molar-refractivity contribution >= 4 is 34.2 Å². The molecule has 0 radical (unpaired) electrons. The predicted molar refractivity (Wildman–Crippen MR) is 121 cm³/mol. The molecular weight excluding hydrogens is 426 g/mol. The zero-order valence-electron chi connectivity index (χ0n) is 17.7. The molecule has 1 fully saturated rings. The first-order chi connectivity index (χ1) is 15.5. The molecule has 0 N–H and O–H groups in total. The molecule has 0 bridgehead atoms. The van der Waals surface area contributed by atoms with Crippen LogP contribution < -0.4 is 4.74 Å². The fourth-order valence-electron chi connectivity index (χ4n) is 3.96. The fourth-order valence-corrected chi connectivity index (χ4v) is 4.75. The predicted octanol–water partition coefficient (Wildman–Crippen LogP) is 4.74. The molecule has 0 atom stereocenters. The summed E-state index contributed by atoms with van der Waals surface area (Å²) in [6.45, 7) is 1.93. The molecule has 1 aromatic carbocycles. The standard InChI is InChI=1S/C24H21N3O4S/c1-14-22(24(29)30-2)18-12-17(8-9-20(18)27(14)16-6-7-16)31-21(28)11-15-13-32-23(26-15)19-5-3-4-10-25-19/h3-5,8-10,12-13,16H,6-7,11H2,1-2H3. The second kappa shape index (κ2) is 8.20. The van der Waals surface area contributed by atoms with E-state index in [0.29, 0.717) is 23.0 Å². The molecule has 0 aliphatic heterocycles. The molecule has 3 heterocycles. The summed E-state index contributed by atoms with van der Waals surface area (Å²) in [4.78, 5) is 33.8. The van der Waals surface area contributed by atoms with Gasteiger partial charge in [0.25, 0.3) is 0 Å². The van der Waals surface area contributed by atoms with Gasteiger partial charge in [0.05, 0.1) is 30.5 Å². The van der Waals surface area contributed by atoms with Crippen molar-refractivity contribution in [2.75, 3.05) is 7.11 Å². The number of fused-ring (bicyclic) bond motifs is 1. The third-order valence-electron chi connectivity index (χ3n) is 5.51. The molecule has 4 aromatic rings. The molecule has 7 nitrogen and oxygen atoms in total. The minimum absolute atomic E-state index is 0.0490. The molecule has 32 heavy (non-hydrogen) atoms. The highest BCUT2D eigenvalue weighted by Crippen LogP contribution is 2.42. The van der Waals surface area contributed by atoms with E-state index in [2.05, 4.69) is 14.5 Å². The van der Waals surface area contributed by atoms with E-state index >= 15 is 0 Å². The van der Waals surface area contributed by atoms with Gasteiger partial charge in [-0.3, -0.25) is 9.78 Å². The Bertz CT molecular complexity index is 1320. The van der Waals surface area contributed by atoms with E-state index in [1.807, 2.05) is 36.6 Å². The summed E-state index contributed by atoms with van der Waals surface area (Å²) in [6, 6.07) is 11.4. The largest absolute Gasteiger partial charge is 0.465 e. The Hall–Kier alpha value is -3.52. The third kappa shape index (κ3) is 3.78. The van der Waals surface area contributed by atoms with Crippen LogP contribution in [0.5, 0.6) is 5.75 Å². The van der Waals surface area contributed by atoms with Crippen LogP contribution in [0.4, 0.5) is 0 Å². The molecule has 3 aromatic heterocycles. The molecule has 162 valence electrons. The number of methoxy groups -OCH3 is 1. The van der Waals surface area contributed by atoms with Gasteiger partial charge in [-0.05, 0) is 50.1 Å². The minimum Gasteiger partial charge on any atom is -0.465 e. The van der Waals surface area contributed by atoms with Crippen LogP contribution in [-0.4, -0.2) is 33.6 Å². The summed E-state index contributed by atoms with van der Waals surface area (Å²) >= 11 is 1.44. The van der Waals surface area contributed by atoms with Gasteiger partial charge in [0, 0.05) is 34.2 Å². The Balaban J connectivity index is 1.38. The Kier molecular flexibility index (Phi) is 5.22. The van der Waals surface area contributed by atoms with Crippen LogP contribution in [0.25, 0.3) is 21.6 Å². The maximum atomic E-state index is 12.6. The lowest BCUT2D eigenvalue weighted by molar-refractivity contribution is -0.133. The van der Waals surface area contributed by atoms with E-state index in [-0.39, 0.29) is 12.4 Å². The first kappa shape index (κ1) is 20.4. The van der Waals surface area contributed by atoms with Crippen molar-refractivity contribution in [3.63, 3.8) is 0 Å². The van der Waals surface area contributed by atoms with E-state index in [9.17, 15) is 9.59 Å². The topological polar surface area (TPSA) is 83.3 Å². The van der Waals surface area contributed by atoms with Crippen LogP contribution in [0.1, 0.15) is 40.6 Å². The van der Waals surface area contributed by atoms with Crippen LogP contribution in [0, 0.1) is 6.92 Å². The number of pyridine rings is 1. The Morgan fingerprint density at radius 2 is 2.06 bits per heavy atom. The lowest BCUT2D eigenvalue weighted by atomic mass is 10.1. The molecule has 0 unspecified atom stereocenters. The van der Waals surface area contributed by atoms with Gasteiger partial charge in [-0.25, -0.2) is 9.78 Å². The normalized spacial score (nSPS) is 13.3. The number of hydrogen-bond donors (Lipinski definition) is 0. The number of benzene rings is 1. The molecule has 1 aliphatic carbocycles. The number of rotatable bonds is 6. The van der Waals surface area contributed by atoms with Crippen LogP contribution >= 0.6 is 11.3 Å². The van der Waals surface area contributed by atoms with Crippen LogP contribution in [-0.2, 0) is 16.0 Å². The van der Waals surface area contributed by atoms with Crippen molar-refractivity contribution in [1.82, 2.24) is 14.5 Å². The molecule has 0 spiro atoms. The summed E-state index contributed by atoms with van der Waals surface area (Å²) in [7, 11) is 1.37. The highest BCUT2D eigenvalue weighted by Gasteiger charge is 2.30. The van der Waals surface area contributed by atoms with E-state index in [1.165, 1.54) is 18.4 Å². The van der Waals surface area contributed by atoms with Gasteiger partial charge in [0.15, 0.2) is 0 Å². The van der Waals surface area contributed by atoms with Crippen LogP contribution in [0.15, 0.2) is 48.0 Å². The zero-order valence-corrected chi connectivity index (χ0v) is 18.5. The van der Waals surface area contributed by atoms with Crippen LogP contribution in [0.2, 0.25) is 0 Å². The SMILES string of the molecule is COC(=O)c1c(C)n(C2CC2)c2ccc(OC(=O)Cc3csc(-c4ccccn4)n3)cc12. The van der Waals surface area contributed by atoms with Crippen molar-refractivity contribution in [3.05, 3.63) is 64.9 Å². The summed E-state index contributed by atoms with van der Waals surface area (Å²) in [5.41, 5.74) is 3.75. The van der Waals surface area contributed by atoms with E-state index in [4.69, 9.17) is 9.47 Å². The molecule has 5 rings (SSSR count). The van der Waals surface area contributed by atoms with Crippen molar-refractivity contribution in [2.45, 2.75) is 32.2 Å². The Morgan fingerprint density at radius 1 is 1.22 bits per heavy atom. The van der Waals surface area contributed by atoms with E-state index in [1.54, 1.807) is 18.3 Å². The number of hydrogen-bond acceptors (Lipinski definition) is 7. The lowest BCUT2D eigenvalue weighted by Gasteiger charge is -2.07. The number of thiazole rings is 1. The van der Waals surface area contributed by atoms with E-state index in [0.717, 1.165) is 40.1 Å². The van der Waals surface area contributed by atoms with E-state index < -0.39 is 5.97 Å². The summed E-state index contributed by atoms with van der Waals surface area (Å²) < 4.78 is 12.8. The third-order valence-corrected chi connectivity index (χ3v) is 6.43. The summed E-state index contributed by atoms with van der Waals surface area (Å²) in [5.74, 6) is -0.416. The van der Waals surface area contributed by atoms with Crippen molar-refractivity contribution < 1.29 is 19.1 Å². The average Bonchev–Trinajstić information content (AvgIpc) is 3.45. The number of nitrogens with zero attached hydrogens (tertiary/aromatic N) is 3. The van der Waals surface area contributed by atoms with Gasteiger partial charge in [-0.15, -0.1) is 11.3 Å². The molecular formula is C24H21N3O4S. The number of ether oxygens (including phenoxy) is 2. The maximum Gasteiger partial charge on any atom is 0.340 e. The maximum absolute atomic E-state index is 12.6. The molecule has 0 amide bonds. The van der Waals surface area contributed by atoms with Gasteiger partial charge in [-0.1, -0.05) is 6.07 Å². The van der Waals surface area contributed by atoms with Gasteiger partial charge in [0.2, 0.25) is 0 Å². The van der Waals surface area contributed by atoms with Gasteiger partial charge in [0.1, 0.15) is 10.8 Å².